The van der Waals surface area contributed by atoms with Gasteiger partial charge >= 0.3 is 6.03 Å². The fourth-order valence-electron chi connectivity index (χ4n) is 2.17. The number of piperazine rings is 1. The van der Waals surface area contributed by atoms with Gasteiger partial charge in [-0.25, -0.2) is 9.78 Å². The molecule has 1 aliphatic rings. The molecule has 2 heterocycles. The molecule has 0 atom stereocenters. The van der Waals surface area contributed by atoms with Crippen LogP contribution in [0, 0.1) is 5.92 Å². The van der Waals surface area contributed by atoms with Crippen LogP contribution >= 0.6 is 0 Å². The first-order chi connectivity index (χ1) is 8.16. The Balaban J connectivity index is 1.85. The zero-order valence-corrected chi connectivity index (χ0v) is 10.5. The van der Waals surface area contributed by atoms with Gasteiger partial charge in [0, 0.05) is 45.1 Å². The van der Waals surface area contributed by atoms with Gasteiger partial charge in [0.15, 0.2) is 0 Å². The molecule has 1 saturated heterocycles. The predicted octanol–water partition coefficient (Wildman–Crippen LogP) is 1.12. The average molecular weight is 236 g/mol. The number of hydrogen-bond acceptors (Lipinski definition) is 3. The molecule has 94 valence electrons. The number of hydrogen-bond donors (Lipinski definition) is 0. The van der Waals surface area contributed by atoms with Crippen LogP contribution in [0.4, 0.5) is 4.79 Å². The first-order valence-electron chi connectivity index (χ1n) is 6.16. The Kier molecular flexibility index (Phi) is 3.78. The summed E-state index contributed by atoms with van der Waals surface area (Å²) in [4.78, 5) is 20.2. The number of rotatable bonds is 2. The lowest BCUT2D eigenvalue weighted by Gasteiger charge is -2.35. The van der Waals surface area contributed by atoms with Gasteiger partial charge in [0.1, 0.15) is 6.33 Å². The Morgan fingerprint density at radius 3 is 2.53 bits per heavy atom. The highest BCUT2D eigenvalue weighted by atomic mass is 16.2. The van der Waals surface area contributed by atoms with Gasteiger partial charge in [0.2, 0.25) is 0 Å². The molecule has 0 bridgehead atoms. The lowest BCUT2D eigenvalue weighted by Crippen LogP contribution is -2.50. The van der Waals surface area contributed by atoms with E-state index in [1.807, 2.05) is 4.90 Å². The molecule has 1 amide bonds. The number of carbonyl (C=O) groups is 1. The smallest absolute Gasteiger partial charge is 0.321 e. The first-order valence-corrected chi connectivity index (χ1v) is 6.16. The Bertz CT molecular complexity index is 353. The molecule has 0 aromatic carbocycles. The van der Waals surface area contributed by atoms with E-state index in [9.17, 15) is 4.79 Å². The van der Waals surface area contributed by atoms with Crippen LogP contribution in [0.25, 0.3) is 0 Å². The van der Waals surface area contributed by atoms with Gasteiger partial charge in [-0.15, -0.1) is 0 Å². The van der Waals surface area contributed by atoms with Gasteiger partial charge in [-0.3, -0.25) is 9.47 Å². The van der Waals surface area contributed by atoms with Crippen LogP contribution in [0.5, 0.6) is 0 Å². The van der Waals surface area contributed by atoms with Gasteiger partial charge in [0.25, 0.3) is 0 Å². The topological polar surface area (TPSA) is 41.4 Å². The molecule has 17 heavy (non-hydrogen) atoms. The van der Waals surface area contributed by atoms with Crippen molar-refractivity contribution in [3.8, 4) is 0 Å². The summed E-state index contributed by atoms with van der Waals surface area (Å²) in [6.45, 7) is 9.13. The Labute approximate surface area is 102 Å². The molecule has 0 spiro atoms. The van der Waals surface area contributed by atoms with Crippen molar-refractivity contribution in [3.05, 3.63) is 18.7 Å². The van der Waals surface area contributed by atoms with E-state index in [-0.39, 0.29) is 6.03 Å². The number of imidazole rings is 1. The number of nitrogens with zero attached hydrogens (tertiary/aromatic N) is 4. The minimum atomic E-state index is 0.0340. The molecule has 1 aromatic rings. The van der Waals surface area contributed by atoms with Gasteiger partial charge in [-0.2, -0.15) is 0 Å². The van der Waals surface area contributed by atoms with Crippen molar-refractivity contribution in [2.45, 2.75) is 13.8 Å². The Morgan fingerprint density at radius 2 is 2.00 bits per heavy atom. The van der Waals surface area contributed by atoms with E-state index in [0.717, 1.165) is 32.7 Å². The van der Waals surface area contributed by atoms with Crippen molar-refractivity contribution in [2.75, 3.05) is 32.7 Å². The standard InChI is InChI=1S/C12H20N4O/c1-11(2)9-14-5-7-15(8-6-14)12(17)16-4-3-13-10-16/h3-4,10-11H,5-9H2,1-2H3. The van der Waals surface area contributed by atoms with Crippen LogP contribution in [0.1, 0.15) is 13.8 Å². The summed E-state index contributed by atoms with van der Waals surface area (Å²) in [6.07, 6.45) is 4.89. The van der Waals surface area contributed by atoms with E-state index in [2.05, 4.69) is 23.7 Å². The van der Waals surface area contributed by atoms with E-state index in [1.165, 1.54) is 4.57 Å². The largest absolute Gasteiger partial charge is 0.329 e. The molecule has 5 nitrogen and oxygen atoms in total. The Morgan fingerprint density at radius 1 is 1.29 bits per heavy atom. The van der Waals surface area contributed by atoms with Crippen molar-refractivity contribution >= 4 is 6.03 Å². The zero-order chi connectivity index (χ0) is 12.3. The van der Waals surface area contributed by atoms with E-state index in [0.29, 0.717) is 5.92 Å². The van der Waals surface area contributed by atoms with E-state index >= 15 is 0 Å². The molecular weight excluding hydrogens is 216 g/mol. The average Bonchev–Trinajstić information content (AvgIpc) is 2.82. The normalized spacial score (nSPS) is 17.7. The van der Waals surface area contributed by atoms with Crippen LogP contribution in [0.2, 0.25) is 0 Å². The maximum Gasteiger partial charge on any atom is 0.329 e. The van der Waals surface area contributed by atoms with E-state index in [4.69, 9.17) is 0 Å². The molecule has 1 aliphatic heterocycles. The summed E-state index contributed by atoms with van der Waals surface area (Å²) in [6, 6.07) is 0.0340. The number of aromatic nitrogens is 2. The van der Waals surface area contributed by atoms with Crippen LogP contribution in [0.3, 0.4) is 0 Å². The van der Waals surface area contributed by atoms with Crippen molar-refractivity contribution in [3.63, 3.8) is 0 Å². The molecule has 0 unspecified atom stereocenters. The highest BCUT2D eigenvalue weighted by Crippen LogP contribution is 2.06. The van der Waals surface area contributed by atoms with Crippen molar-refractivity contribution in [2.24, 2.45) is 5.92 Å². The van der Waals surface area contributed by atoms with Crippen LogP contribution in [0.15, 0.2) is 18.7 Å². The summed E-state index contributed by atoms with van der Waals surface area (Å²) in [7, 11) is 0. The van der Waals surface area contributed by atoms with E-state index in [1.54, 1.807) is 18.7 Å². The second-order valence-corrected chi connectivity index (χ2v) is 4.93. The second kappa shape index (κ2) is 5.31. The third-order valence-corrected chi connectivity index (χ3v) is 2.99. The third-order valence-electron chi connectivity index (χ3n) is 2.99. The van der Waals surface area contributed by atoms with Gasteiger partial charge in [0.05, 0.1) is 0 Å². The highest BCUT2D eigenvalue weighted by molar-refractivity contribution is 5.76. The third kappa shape index (κ3) is 3.06. The summed E-state index contributed by atoms with van der Waals surface area (Å²) >= 11 is 0. The summed E-state index contributed by atoms with van der Waals surface area (Å²) < 4.78 is 1.54. The highest BCUT2D eigenvalue weighted by Gasteiger charge is 2.21. The Hall–Kier alpha value is -1.36. The summed E-state index contributed by atoms with van der Waals surface area (Å²) in [5.74, 6) is 0.686. The second-order valence-electron chi connectivity index (χ2n) is 4.93. The molecule has 5 heteroatoms. The van der Waals surface area contributed by atoms with Crippen molar-refractivity contribution in [1.82, 2.24) is 19.4 Å². The summed E-state index contributed by atoms with van der Waals surface area (Å²) in [5.41, 5.74) is 0. The molecular formula is C12H20N4O. The fraction of sp³-hybridized carbons (Fsp3) is 0.667. The molecule has 0 saturated carbocycles. The van der Waals surface area contributed by atoms with Crippen LogP contribution < -0.4 is 0 Å². The number of carbonyl (C=O) groups excluding carboxylic acids is 1. The quantitative estimate of drug-likeness (QED) is 0.773. The fourth-order valence-corrected chi connectivity index (χ4v) is 2.17. The molecule has 1 fully saturated rings. The zero-order valence-electron chi connectivity index (χ0n) is 10.5. The van der Waals surface area contributed by atoms with Crippen LogP contribution in [-0.4, -0.2) is 58.1 Å². The van der Waals surface area contributed by atoms with Crippen LogP contribution in [-0.2, 0) is 0 Å². The molecule has 0 N–H and O–H groups in total. The lowest BCUT2D eigenvalue weighted by molar-refractivity contribution is 0.132. The van der Waals surface area contributed by atoms with Gasteiger partial charge in [-0.1, -0.05) is 13.8 Å². The lowest BCUT2D eigenvalue weighted by atomic mass is 10.2. The SMILES string of the molecule is CC(C)CN1CCN(C(=O)n2ccnc2)CC1. The minimum absolute atomic E-state index is 0.0340. The maximum absolute atomic E-state index is 12.0. The van der Waals surface area contributed by atoms with Crippen molar-refractivity contribution < 1.29 is 4.79 Å². The van der Waals surface area contributed by atoms with Crippen molar-refractivity contribution in [1.29, 1.82) is 0 Å². The molecule has 0 radical (unpaired) electrons. The van der Waals surface area contributed by atoms with Gasteiger partial charge in [-0.05, 0) is 5.92 Å². The molecule has 2 rings (SSSR count). The molecule has 1 aromatic heterocycles. The van der Waals surface area contributed by atoms with Gasteiger partial charge < -0.3 is 4.90 Å². The monoisotopic (exact) mass is 236 g/mol. The summed E-state index contributed by atoms with van der Waals surface area (Å²) in [5, 5.41) is 0. The number of amides is 1. The predicted molar refractivity (Wildman–Crippen MR) is 65.9 cm³/mol. The van der Waals surface area contributed by atoms with E-state index < -0.39 is 0 Å². The first kappa shape index (κ1) is 12.1. The maximum atomic E-state index is 12.0. The molecule has 0 aliphatic carbocycles. The minimum Gasteiger partial charge on any atom is -0.321 e.